The van der Waals surface area contributed by atoms with Gasteiger partial charge in [-0.3, -0.25) is 0 Å². The van der Waals surface area contributed by atoms with Crippen LogP contribution in [-0.4, -0.2) is 27.5 Å². The van der Waals surface area contributed by atoms with Gasteiger partial charge in [-0.2, -0.15) is 5.06 Å². The standard InChI is InChI=1S/C9H18NO2.Na/c1-8(2)5-7(11)6-9(3,4)10(8)12;/h7,12H,5-6H2,1-4H3;/q-1;+1. The summed E-state index contributed by atoms with van der Waals surface area (Å²) in [5, 5.41) is 22.5. The van der Waals surface area contributed by atoms with E-state index in [0.717, 1.165) is 0 Å². The van der Waals surface area contributed by atoms with Gasteiger partial charge in [0.1, 0.15) is 0 Å². The average molecular weight is 195 g/mol. The Hall–Kier alpha value is 0.880. The minimum Gasteiger partial charge on any atom is -0.852 e. The van der Waals surface area contributed by atoms with Crippen LogP contribution in [0, 0.1) is 0 Å². The molecule has 1 N–H and O–H groups in total. The molecular weight excluding hydrogens is 177 g/mol. The molecule has 1 heterocycles. The Morgan fingerprint density at radius 1 is 1.15 bits per heavy atom. The predicted octanol–water partition coefficient (Wildman–Crippen LogP) is -2.24. The van der Waals surface area contributed by atoms with Crippen LogP contribution in [0.5, 0.6) is 0 Å². The van der Waals surface area contributed by atoms with Crippen molar-refractivity contribution in [3.63, 3.8) is 0 Å². The van der Waals surface area contributed by atoms with Crippen LogP contribution in [0.4, 0.5) is 0 Å². The first kappa shape index (κ1) is 13.9. The third-order valence-corrected chi connectivity index (χ3v) is 2.60. The predicted molar refractivity (Wildman–Crippen MR) is 44.8 cm³/mol. The van der Waals surface area contributed by atoms with Gasteiger partial charge in [0.15, 0.2) is 0 Å². The Balaban J connectivity index is 0.00000144. The van der Waals surface area contributed by atoms with Crippen LogP contribution in [-0.2, 0) is 0 Å². The van der Waals surface area contributed by atoms with Gasteiger partial charge in [-0.1, -0.05) is 0 Å². The van der Waals surface area contributed by atoms with Crippen LogP contribution < -0.4 is 34.7 Å². The molecule has 1 aliphatic heterocycles. The molecule has 4 heteroatoms. The van der Waals surface area contributed by atoms with E-state index in [0.29, 0.717) is 12.8 Å². The second-order valence-corrected chi connectivity index (χ2v) is 4.97. The van der Waals surface area contributed by atoms with E-state index in [1.54, 1.807) is 0 Å². The van der Waals surface area contributed by atoms with E-state index in [4.69, 9.17) is 0 Å². The maximum Gasteiger partial charge on any atom is 1.00 e. The summed E-state index contributed by atoms with van der Waals surface area (Å²) in [7, 11) is 0. The topological polar surface area (TPSA) is 46.5 Å². The van der Waals surface area contributed by atoms with Crippen LogP contribution in [0.3, 0.4) is 0 Å². The van der Waals surface area contributed by atoms with E-state index >= 15 is 0 Å². The van der Waals surface area contributed by atoms with E-state index in [1.807, 2.05) is 27.7 Å². The Labute approximate surface area is 102 Å². The normalized spacial score (nSPS) is 28.2. The van der Waals surface area contributed by atoms with Gasteiger partial charge in [-0.05, 0) is 40.5 Å². The molecule has 0 bridgehead atoms. The van der Waals surface area contributed by atoms with Gasteiger partial charge in [-0.15, -0.1) is 6.10 Å². The molecular formula is C9H18NNaO2. The summed E-state index contributed by atoms with van der Waals surface area (Å²) < 4.78 is 0. The maximum atomic E-state index is 11.4. The molecule has 0 aromatic rings. The Bertz CT molecular complexity index is 164. The molecule has 1 fully saturated rings. The molecule has 0 unspecified atom stereocenters. The van der Waals surface area contributed by atoms with Crippen molar-refractivity contribution in [1.82, 2.24) is 5.06 Å². The van der Waals surface area contributed by atoms with Crippen molar-refractivity contribution in [2.45, 2.75) is 57.7 Å². The minimum atomic E-state index is -0.543. The molecule has 0 saturated carbocycles. The fourth-order valence-corrected chi connectivity index (χ4v) is 2.18. The monoisotopic (exact) mass is 195 g/mol. The summed E-state index contributed by atoms with van der Waals surface area (Å²) in [5.74, 6) is 0. The summed E-state index contributed by atoms with van der Waals surface area (Å²) in [6.45, 7) is 7.61. The van der Waals surface area contributed by atoms with E-state index in [-0.39, 0.29) is 40.6 Å². The van der Waals surface area contributed by atoms with Crippen LogP contribution >= 0.6 is 0 Å². The minimum absolute atomic E-state index is 0. The third kappa shape index (κ3) is 2.91. The molecule has 0 amide bonds. The molecule has 0 atom stereocenters. The van der Waals surface area contributed by atoms with Crippen LogP contribution in [0.1, 0.15) is 40.5 Å². The molecule has 0 aromatic heterocycles. The van der Waals surface area contributed by atoms with E-state index < -0.39 is 6.10 Å². The van der Waals surface area contributed by atoms with Gasteiger partial charge in [0.25, 0.3) is 0 Å². The summed E-state index contributed by atoms with van der Waals surface area (Å²) in [5.41, 5.74) is -0.762. The first-order valence-electron chi connectivity index (χ1n) is 4.41. The Kier molecular flexibility index (Phi) is 4.45. The summed E-state index contributed by atoms with van der Waals surface area (Å²) in [6.07, 6.45) is 0.498. The SMILES string of the molecule is CC1(C)CC([O-])CC(C)(C)N1O.[Na+]. The molecule has 1 aliphatic rings. The third-order valence-electron chi connectivity index (χ3n) is 2.60. The quantitative estimate of drug-likeness (QED) is 0.445. The molecule has 0 radical (unpaired) electrons. The average Bonchev–Trinajstić information content (AvgIpc) is 1.80. The van der Waals surface area contributed by atoms with Crippen molar-refractivity contribution in [2.75, 3.05) is 0 Å². The van der Waals surface area contributed by atoms with Crippen molar-refractivity contribution in [3.8, 4) is 0 Å². The summed E-state index contributed by atoms with van der Waals surface area (Å²) >= 11 is 0. The molecule has 0 aliphatic carbocycles. The van der Waals surface area contributed by atoms with Crippen molar-refractivity contribution in [2.24, 2.45) is 0 Å². The zero-order chi connectivity index (χ0) is 9.57. The smallest absolute Gasteiger partial charge is 0.852 e. The molecule has 72 valence electrons. The van der Waals surface area contributed by atoms with E-state index in [1.165, 1.54) is 5.06 Å². The van der Waals surface area contributed by atoms with Gasteiger partial charge < -0.3 is 10.3 Å². The first-order chi connectivity index (χ1) is 5.26. The zero-order valence-corrected chi connectivity index (χ0v) is 11.3. The molecule has 0 spiro atoms. The van der Waals surface area contributed by atoms with Gasteiger partial charge in [0, 0.05) is 11.1 Å². The number of hydrogen-bond donors (Lipinski definition) is 1. The number of rotatable bonds is 0. The maximum absolute atomic E-state index is 11.4. The van der Waals surface area contributed by atoms with Gasteiger partial charge in [-0.25, -0.2) is 0 Å². The van der Waals surface area contributed by atoms with Crippen LogP contribution in [0.25, 0.3) is 0 Å². The van der Waals surface area contributed by atoms with Crippen molar-refractivity contribution in [1.29, 1.82) is 0 Å². The Morgan fingerprint density at radius 3 is 1.77 bits per heavy atom. The van der Waals surface area contributed by atoms with Crippen molar-refractivity contribution in [3.05, 3.63) is 0 Å². The van der Waals surface area contributed by atoms with Crippen molar-refractivity contribution < 1.29 is 39.9 Å². The van der Waals surface area contributed by atoms with Gasteiger partial charge >= 0.3 is 29.6 Å². The van der Waals surface area contributed by atoms with Gasteiger partial charge in [0.2, 0.25) is 0 Å². The van der Waals surface area contributed by atoms with Crippen LogP contribution in [0.2, 0.25) is 0 Å². The van der Waals surface area contributed by atoms with Gasteiger partial charge in [0.05, 0.1) is 0 Å². The first-order valence-corrected chi connectivity index (χ1v) is 4.41. The number of hydrogen-bond acceptors (Lipinski definition) is 3. The largest absolute Gasteiger partial charge is 1.00 e. The van der Waals surface area contributed by atoms with E-state index in [9.17, 15) is 10.3 Å². The molecule has 1 rings (SSSR count). The zero-order valence-electron chi connectivity index (χ0n) is 9.29. The molecule has 0 aromatic carbocycles. The van der Waals surface area contributed by atoms with Crippen molar-refractivity contribution >= 4 is 0 Å². The molecule has 3 nitrogen and oxygen atoms in total. The molecule has 13 heavy (non-hydrogen) atoms. The molecule has 1 saturated heterocycles. The Morgan fingerprint density at radius 2 is 1.46 bits per heavy atom. The summed E-state index contributed by atoms with van der Waals surface area (Å²) in [4.78, 5) is 0. The summed E-state index contributed by atoms with van der Waals surface area (Å²) in [6, 6.07) is 0. The second-order valence-electron chi connectivity index (χ2n) is 4.97. The number of piperidine rings is 1. The fourth-order valence-electron chi connectivity index (χ4n) is 2.18. The number of nitrogens with zero attached hydrogens (tertiary/aromatic N) is 1. The van der Waals surface area contributed by atoms with E-state index in [2.05, 4.69) is 0 Å². The second kappa shape index (κ2) is 4.17. The fraction of sp³-hybridized carbons (Fsp3) is 1.00. The van der Waals surface area contributed by atoms with Crippen LogP contribution in [0.15, 0.2) is 0 Å². The number of hydroxylamine groups is 2.